The second-order valence-electron chi connectivity index (χ2n) is 5.43. The molecule has 5 heteroatoms. The van der Waals surface area contributed by atoms with Crippen LogP contribution in [0.1, 0.15) is 17.0 Å². The first kappa shape index (κ1) is 15.5. The number of hydrogen-bond donors (Lipinski definition) is 1. The van der Waals surface area contributed by atoms with Crippen LogP contribution in [0.15, 0.2) is 36.4 Å². The summed E-state index contributed by atoms with van der Waals surface area (Å²) < 4.78 is 21.5. The van der Waals surface area contributed by atoms with Gasteiger partial charge in [0.1, 0.15) is 11.5 Å². The van der Waals surface area contributed by atoms with Crippen molar-refractivity contribution in [2.45, 2.75) is 12.3 Å². The van der Waals surface area contributed by atoms with Gasteiger partial charge in [-0.1, -0.05) is 12.1 Å². The van der Waals surface area contributed by atoms with Gasteiger partial charge in [0.15, 0.2) is 11.5 Å². The fourth-order valence-corrected chi connectivity index (χ4v) is 2.79. The van der Waals surface area contributed by atoms with Gasteiger partial charge < -0.3 is 24.7 Å². The van der Waals surface area contributed by atoms with Gasteiger partial charge in [0, 0.05) is 12.0 Å². The SMILES string of the molecule is COc1ccc(CC(CN)c2ccc3c(c2)OCO3)c(OC)c1. The summed E-state index contributed by atoms with van der Waals surface area (Å²) in [7, 11) is 3.31. The van der Waals surface area contributed by atoms with Crippen molar-refractivity contribution in [3.05, 3.63) is 47.5 Å². The van der Waals surface area contributed by atoms with Gasteiger partial charge in [-0.25, -0.2) is 0 Å². The topological polar surface area (TPSA) is 62.9 Å². The lowest BCUT2D eigenvalue weighted by Gasteiger charge is -2.18. The Hall–Kier alpha value is -2.40. The van der Waals surface area contributed by atoms with E-state index in [1.165, 1.54) is 0 Å². The minimum absolute atomic E-state index is 0.173. The third-order valence-corrected chi connectivity index (χ3v) is 4.11. The van der Waals surface area contributed by atoms with Crippen LogP contribution in [-0.4, -0.2) is 27.6 Å². The lowest BCUT2D eigenvalue weighted by Crippen LogP contribution is -2.15. The average molecular weight is 315 g/mol. The molecular formula is C18H21NO4. The summed E-state index contributed by atoms with van der Waals surface area (Å²) in [5.74, 6) is 3.32. The van der Waals surface area contributed by atoms with Crippen LogP contribution >= 0.6 is 0 Å². The van der Waals surface area contributed by atoms with Gasteiger partial charge in [-0.3, -0.25) is 0 Å². The Kier molecular flexibility index (Phi) is 4.57. The Morgan fingerprint density at radius 2 is 1.87 bits per heavy atom. The van der Waals surface area contributed by atoms with E-state index < -0.39 is 0 Å². The molecule has 2 aromatic carbocycles. The summed E-state index contributed by atoms with van der Waals surface area (Å²) in [5, 5.41) is 0. The molecule has 0 bridgehead atoms. The highest BCUT2D eigenvalue weighted by Gasteiger charge is 2.19. The first-order valence-corrected chi connectivity index (χ1v) is 7.55. The molecule has 0 radical (unpaired) electrons. The van der Waals surface area contributed by atoms with Crippen LogP contribution in [0.4, 0.5) is 0 Å². The van der Waals surface area contributed by atoms with Gasteiger partial charge in [-0.05, 0) is 42.3 Å². The lowest BCUT2D eigenvalue weighted by atomic mass is 9.91. The summed E-state index contributed by atoms with van der Waals surface area (Å²) in [5.41, 5.74) is 8.24. The molecule has 23 heavy (non-hydrogen) atoms. The molecule has 1 heterocycles. The number of hydrogen-bond acceptors (Lipinski definition) is 5. The lowest BCUT2D eigenvalue weighted by molar-refractivity contribution is 0.174. The molecular weight excluding hydrogens is 294 g/mol. The third kappa shape index (κ3) is 3.19. The van der Waals surface area contributed by atoms with Crippen molar-refractivity contribution in [3.63, 3.8) is 0 Å². The zero-order chi connectivity index (χ0) is 16.2. The molecule has 0 saturated carbocycles. The Morgan fingerprint density at radius 1 is 1.04 bits per heavy atom. The Bertz CT molecular complexity index is 687. The molecule has 1 aliphatic heterocycles. The molecule has 1 aliphatic rings. The maximum absolute atomic E-state index is 6.01. The van der Waals surface area contributed by atoms with Crippen molar-refractivity contribution in [2.75, 3.05) is 27.6 Å². The van der Waals surface area contributed by atoms with E-state index in [9.17, 15) is 0 Å². The maximum Gasteiger partial charge on any atom is 0.231 e. The molecule has 122 valence electrons. The fourth-order valence-electron chi connectivity index (χ4n) is 2.79. The molecule has 0 aromatic heterocycles. The molecule has 0 spiro atoms. The number of ether oxygens (including phenoxy) is 4. The van der Waals surface area contributed by atoms with Crippen LogP contribution in [0.25, 0.3) is 0 Å². The summed E-state index contributed by atoms with van der Waals surface area (Å²) in [4.78, 5) is 0. The van der Waals surface area contributed by atoms with Crippen LogP contribution in [0.3, 0.4) is 0 Å². The van der Waals surface area contributed by atoms with E-state index in [2.05, 4.69) is 0 Å². The van der Waals surface area contributed by atoms with Crippen molar-refractivity contribution in [2.24, 2.45) is 5.73 Å². The van der Waals surface area contributed by atoms with Crippen molar-refractivity contribution in [3.8, 4) is 23.0 Å². The molecule has 1 unspecified atom stereocenters. The molecule has 3 rings (SSSR count). The molecule has 2 aromatic rings. The van der Waals surface area contributed by atoms with Crippen LogP contribution in [0.5, 0.6) is 23.0 Å². The largest absolute Gasteiger partial charge is 0.497 e. The molecule has 2 N–H and O–H groups in total. The van der Waals surface area contributed by atoms with Crippen LogP contribution in [0, 0.1) is 0 Å². The Balaban J connectivity index is 1.85. The number of benzene rings is 2. The van der Waals surface area contributed by atoms with E-state index in [4.69, 9.17) is 24.7 Å². The molecule has 0 fully saturated rings. The molecule has 5 nitrogen and oxygen atoms in total. The van der Waals surface area contributed by atoms with Gasteiger partial charge in [-0.2, -0.15) is 0 Å². The summed E-state index contributed by atoms with van der Waals surface area (Å²) in [6.07, 6.45) is 0.781. The van der Waals surface area contributed by atoms with Gasteiger partial charge >= 0.3 is 0 Å². The average Bonchev–Trinajstić information content (AvgIpc) is 3.07. The van der Waals surface area contributed by atoms with E-state index in [0.717, 1.165) is 40.5 Å². The van der Waals surface area contributed by atoms with Crippen LogP contribution < -0.4 is 24.7 Å². The number of nitrogens with two attached hydrogens (primary N) is 1. The van der Waals surface area contributed by atoms with Crippen LogP contribution in [-0.2, 0) is 6.42 Å². The second kappa shape index (κ2) is 6.79. The highest BCUT2D eigenvalue weighted by molar-refractivity contribution is 5.47. The number of rotatable bonds is 6. The van der Waals surface area contributed by atoms with E-state index in [1.807, 2.05) is 36.4 Å². The zero-order valence-electron chi connectivity index (χ0n) is 13.4. The fraction of sp³-hybridized carbons (Fsp3) is 0.333. The number of fused-ring (bicyclic) bond motifs is 1. The summed E-state index contributed by atoms with van der Waals surface area (Å²) in [6.45, 7) is 0.813. The van der Waals surface area contributed by atoms with Gasteiger partial charge in [-0.15, -0.1) is 0 Å². The molecule has 0 amide bonds. The molecule has 0 aliphatic carbocycles. The van der Waals surface area contributed by atoms with E-state index in [-0.39, 0.29) is 12.7 Å². The molecule has 1 atom stereocenters. The predicted molar refractivity (Wildman–Crippen MR) is 87.6 cm³/mol. The normalized spacial score (nSPS) is 13.7. The number of methoxy groups -OCH3 is 2. The van der Waals surface area contributed by atoms with Crippen molar-refractivity contribution in [1.82, 2.24) is 0 Å². The van der Waals surface area contributed by atoms with E-state index in [0.29, 0.717) is 6.54 Å². The molecule has 0 saturated heterocycles. The van der Waals surface area contributed by atoms with Gasteiger partial charge in [0.05, 0.1) is 14.2 Å². The smallest absolute Gasteiger partial charge is 0.231 e. The Labute approximate surface area is 135 Å². The third-order valence-electron chi connectivity index (χ3n) is 4.11. The quantitative estimate of drug-likeness (QED) is 0.888. The zero-order valence-corrected chi connectivity index (χ0v) is 13.4. The summed E-state index contributed by atoms with van der Waals surface area (Å²) in [6, 6.07) is 11.8. The van der Waals surface area contributed by atoms with Gasteiger partial charge in [0.25, 0.3) is 0 Å². The minimum atomic E-state index is 0.173. The van der Waals surface area contributed by atoms with Crippen LogP contribution in [0.2, 0.25) is 0 Å². The first-order chi connectivity index (χ1) is 11.2. The Morgan fingerprint density at radius 3 is 2.61 bits per heavy atom. The predicted octanol–water partition coefficient (Wildman–Crippen LogP) is 2.72. The standard InChI is InChI=1S/C18H21NO4/c1-20-15-5-3-13(17(9-15)21-2)7-14(10-19)12-4-6-16-18(8-12)23-11-22-16/h3-6,8-9,14H,7,10-11,19H2,1-2H3. The summed E-state index contributed by atoms with van der Waals surface area (Å²) >= 11 is 0. The van der Waals surface area contributed by atoms with Gasteiger partial charge in [0.2, 0.25) is 6.79 Å². The minimum Gasteiger partial charge on any atom is -0.497 e. The van der Waals surface area contributed by atoms with Crippen molar-refractivity contribution in [1.29, 1.82) is 0 Å². The van der Waals surface area contributed by atoms with Crippen molar-refractivity contribution >= 4 is 0 Å². The highest BCUT2D eigenvalue weighted by Crippen LogP contribution is 2.36. The second-order valence-corrected chi connectivity index (χ2v) is 5.43. The first-order valence-electron chi connectivity index (χ1n) is 7.55. The monoisotopic (exact) mass is 315 g/mol. The van der Waals surface area contributed by atoms with E-state index in [1.54, 1.807) is 14.2 Å². The van der Waals surface area contributed by atoms with E-state index >= 15 is 0 Å². The maximum atomic E-state index is 6.01. The highest BCUT2D eigenvalue weighted by atomic mass is 16.7. The van der Waals surface area contributed by atoms with Crippen molar-refractivity contribution < 1.29 is 18.9 Å².